The maximum absolute atomic E-state index is 12.4. The van der Waals surface area contributed by atoms with Crippen molar-refractivity contribution in [1.82, 2.24) is 14.2 Å². The first-order valence-electron chi connectivity index (χ1n) is 6.35. The highest BCUT2D eigenvalue weighted by Gasteiger charge is 2.26. The van der Waals surface area contributed by atoms with Gasteiger partial charge in [-0.15, -0.1) is 0 Å². The van der Waals surface area contributed by atoms with Gasteiger partial charge in [0.15, 0.2) is 0 Å². The van der Waals surface area contributed by atoms with Crippen LogP contribution in [-0.4, -0.2) is 49.2 Å². The predicted octanol–water partition coefficient (Wildman–Crippen LogP) is 0.941. The molecule has 1 N–H and O–H groups in total. The van der Waals surface area contributed by atoms with Gasteiger partial charge in [-0.2, -0.15) is 0 Å². The van der Waals surface area contributed by atoms with Crippen LogP contribution in [0, 0.1) is 0 Å². The summed E-state index contributed by atoms with van der Waals surface area (Å²) in [7, 11) is -1.35. The standard InChI is InChI=1S/C12H18BrN3O3S/c1-15-8-9(13)7-11(15)12(17)16-5-3-10(4-6-16)14-20(2,18)19/h7-8,10,14H,3-6H2,1-2H3. The van der Waals surface area contributed by atoms with Crippen molar-refractivity contribution in [2.75, 3.05) is 19.3 Å². The van der Waals surface area contributed by atoms with Crippen LogP contribution in [0.25, 0.3) is 0 Å². The van der Waals surface area contributed by atoms with Gasteiger partial charge in [-0.1, -0.05) is 0 Å². The first kappa shape index (κ1) is 15.5. The number of carbonyl (C=O) groups excluding carboxylic acids is 1. The summed E-state index contributed by atoms with van der Waals surface area (Å²) in [6.07, 6.45) is 4.28. The van der Waals surface area contributed by atoms with Crippen LogP contribution in [0.5, 0.6) is 0 Å². The molecule has 0 bridgehead atoms. The number of nitrogens with one attached hydrogen (secondary N) is 1. The minimum absolute atomic E-state index is 0.0176. The molecule has 6 nitrogen and oxygen atoms in total. The summed E-state index contributed by atoms with van der Waals surface area (Å²) in [6, 6.07) is 1.72. The Balaban J connectivity index is 1.97. The van der Waals surface area contributed by atoms with E-state index in [-0.39, 0.29) is 11.9 Å². The zero-order valence-corrected chi connectivity index (χ0v) is 13.9. The number of aromatic nitrogens is 1. The fourth-order valence-electron chi connectivity index (χ4n) is 2.40. The Bertz CT molecular complexity index is 603. The lowest BCUT2D eigenvalue weighted by atomic mass is 10.1. The molecule has 1 aromatic rings. The lowest BCUT2D eigenvalue weighted by Crippen LogP contribution is -2.46. The predicted molar refractivity (Wildman–Crippen MR) is 80.0 cm³/mol. The summed E-state index contributed by atoms with van der Waals surface area (Å²) >= 11 is 3.35. The SMILES string of the molecule is Cn1cc(Br)cc1C(=O)N1CCC(NS(C)(=O)=O)CC1. The largest absolute Gasteiger partial charge is 0.345 e. The van der Waals surface area contributed by atoms with Gasteiger partial charge in [0, 0.05) is 36.8 Å². The van der Waals surface area contributed by atoms with Gasteiger partial charge in [-0.05, 0) is 34.8 Å². The molecule has 1 saturated heterocycles. The molecule has 0 atom stereocenters. The molecule has 1 aliphatic rings. The number of likely N-dealkylation sites (tertiary alicyclic amines) is 1. The molecule has 1 fully saturated rings. The van der Waals surface area contributed by atoms with E-state index >= 15 is 0 Å². The number of carbonyl (C=O) groups is 1. The molecule has 1 aromatic heterocycles. The van der Waals surface area contributed by atoms with Gasteiger partial charge in [-0.25, -0.2) is 13.1 Å². The minimum Gasteiger partial charge on any atom is -0.345 e. The van der Waals surface area contributed by atoms with E-state index in [2.05, 4.69) is 20.7 Å². The first-order chi connectivity index (χ1) is 9.26. The zero-order chi connectivity index (χ0) is 14.9. The number of sulfonamides is 1. The van der Waals surface area contributed by atoms with E-state index in [1.54, 1.807) is 15.5 Å². The minimum atomic E-state index is -3.18. The van der Waals surface area contributed by atoms with Crippen LogP contribution >= 0.6 is 15.9 Å². The van der Waals surface area contributed by atoms with Crippen molar-refractivity contribution in [1.29, 1.82) is 0 Å². The fraction of sp³-hybridized carbons (Fsp3) is 0.583. The van der Waals surface area contributed by atoms with Crippen molar-refractivity contribution in [2.45, 2.75) is 18.9 Å². The van der Waals surface area contributed by atoms with E-state index in [9.17, 15) is 13.2 Å². The van der Waals surface area contributed by atoms with Gasteiger partial charge in [-0.3, -0.25) is 4.79 Å². The molecule has 20 heavy (non-hydrogen) atoms. The number of nitrogens with zero attached hydrogens (tertiary/aromatic N) is 2. The maximum atomic E-state index is 12.4. The second kappa shape index (κ2) is 5.87. The summed E-state index contributed by atoms with van der Waals surface area (Å²) < 4.78 is 27.6. The monoisotopic (exact) mass is 363 g/mol. The highest BCUT2D eigenvalue weighted by Crippen LogP contribution is 2.18. The molecule has 2 rings (SSSR count). The summed E-state index contributed by atoms with van der Waals surface area (Å²) in [4.78, 5) is 14.1. The van der Waals surface area contributed by atoms with Gasteiger partial charge < -0.3 is 9.47 Å². The van der Waals surface area contributed by atoms with Crippen LogP contribution in [0.3, 0.4) is 0 Å². The smallest absolute Gasteiger partial charge is 0.270 e. The molecule has 0 unspecified atom stereocenters. The van der Waals surface area contributed by atoms with Crippen molar-refractivity contribution in [3.63, 3.8) is 0 Å². The summed E-state index contributed by atoms with van der Waals surface area (Å²) in [5.41, 5.74) is 0.631. The maximum Gasteiger partial charge on any atom is 0.270 e. The van der Waals surface area contributed by atoms with Gasteiger partial charge in [0.05, 0.1) is 6.26 Å². The highest BCUT2D eigenvalue weighted by molar-refractivity contribution is 9.10. The second-order valence-electron chi connectivity index (χ2n) is 5.11. The number of hydrogen-bond donors (Lipinski definition) is 1. The van der Waals surface area contributed by atoms with E-state index in [0.717, 1.165) is 10.7 Å². The van der Waals surface area contributed by atoms with Crippen LogP contribution in [0.2, 0.25) is 0 Å². The Hall–Kier alpha value is -0.860. The zero-order valence-electron chi connectivity index (χ0n) is 11.5. The Morgan fingerprint density at radius 3 is 2.45 bits per heavy atom. The summed E-state index contributed by atoms with van der Waals surface area (Å²) in [5.74, 6) is -0.0176. The lowest BCUT2D eigenvalue weighted by molar-refractivity contribution is 0.0701. The molecule has 1 aliphatic heterocycles. The second-order valence-corrected chi connectivity index (χ2v) is 7.81. The van der Waals surface area contributed by atoms with Crippen molar-refractivity contribution >= 4 is 31.9 Å². The van der Waals surface area contributed by atoms with Crippen molar-refractivity contribution < 1.29 is 13.2 Å². The topological polar surface area (TPSA) is 71.4 Å². The van der Waals surface area contributed by atoms with Gasteiger partial charge in [0.1, 0.15) is 5.69 Å². The molecule has 8 heteroatoms. The average molecular weight is 364 g/mol. The van der Waals surface area contributed by atoms with Crippen LogP contribution in [0.1, 0.15) is 23.3 Å². The molecule has 0 radical (unpaired) electrons. The molecule has 0 aromatic carbocycles. The number of rotatable bonds is 3. The van der Waals surface area contributed by atoms with Crippen LogP contribution in [0.4, 0.5) is 0 Å². The van der Waals surface area contributed by atoms with Gasteiger partial charge in [0.25, 0.3) is 5.91 Å². The first-order valence-corrected chi connectivity index (χ1v) is 9.03. The molecule has 0 aliphatic carbocycles. The van der Waals surface area contributed by atoms with E-state index in [1.165, 1.54) is 0 Å². The van der Waals surface area contributed by atoms with Crippen LogP contribution in [0.15, 0.2) is 16.7 Å². The normalized spacial score (nSPS) is 17.4. The van der Waals surface area contributed by atoms with E-state index in [4.69, 9.17) is 0 Å². The number of aryl methyl sites for hydroxylation is 1. The van der Waals surface area contributed by atoms with E-state index in [0.29, 0.717) is 31.6 Å². The molecular formula is C12H18BrN3O3S. The molecule has 0 spiro atoms. The Labute approximate surface area is 127 Å². The molecule has 2 heterocycles. The number of piperidine rings is 1. The highest BCUT2D eigenvalue weighted by atomic mass is 79.9. The lowest BCUT2D eigenvalue weighted by Gasteiger charge is -2.32. The quantitative estimate of drug-likeness (QED) is 0.868. The summed E-state index contributed by atoms with van der Waals surface area (Å²) in [6.45, 7) is 1.13. The van der Waals surface area contributed by atoms with E-state index < -0.39 is 10.0 Å². The third-order valence-electron chi connectivity index (χ3n) is 3.35. The molecule has 112 valence electrons. The Morgan fingerprint density at radius 2 is 2.00 bits per heavy atom. The number of halogens is 1. The van der Waals surface area contributed by atoms with Gasteiger partial charge in [0.2, 0.25) is 10.0 Å². The summed E-state index contributed by atoms with van der Waals surface area (Å²) in [5, 5.41) is 0. The Morgan fingerprint density at radius 1 is 1.40 bits per heavy atom. The fourth-order valence-corrected chi connectivity index (χ4v) is 3.77. The van der Waals surface area contributed by atoms with Gasteiger partial charge >= 0.3 is 0 Å². The molecule has 1 amide bonds. The van der Waals surface area contributed by atoms with Crippen molar-refractivity contribution in [2.24, 2.45) is 7.05 Å². The molecular weight excluding hydrogens is 346 g/mol. The van der Waals surface area contributed by atoms with E-state index in [1.807, 2.05) is 13.2 Å². The average Bonchev–Trinajstić information content (AvgIpc) is 2.66. The third kappa shape index (κ3) is 3.83. The van der Waals surface area contributed by atoms with Crippen LogP contribution in [-0.2, 0) is 17.1 Å². The molecule has 0 saturated carbocycles. The third-order valence-corrected chi connectivity index (χ3v) is 4.55. The van der Waals surface area contributed by atoms with Crippen LogP contribution < -0.4 is 4.72 Å². The van der Waals surface area contributed by atoms with Crippen molar-refractivity contribution in [3.8, 4) is 0 Å². The number of hydrogen-bond acceptors (Lipinski definition) is 3. The Kier molecular flexibility index (Phi) is 4.55. The number of amides is 1. The van der Waals surface area contributed by atoms with Crippen molar-refractivity contribution in [3.05, 3.63) is 22.4 Å².